The van der Waals surface area contributed by atoms with Gasteiger partial charge >= 0.3 is 0 Å². The Hall–Kier alpha value is -2.57. The maximum absolute atomic E-state index is 5.73. The third-order valence-corrected chi connectivity index (χ3v) is 5.35. The SMILES string of the molecule is CCOc1ccccc1CNC(=NC)NCC(c1ccc(C)cc1)N1CCOCC1. The van der Waals surface area contributed by atoms with Gasteiger partial charge in [-0.3, -0.25) is 9.89 Å². The van der Waals surface area contributed by atoms with Crippen molar-refractivity contribution in [2.24, 2.45) is 4.99 Å². The number of nitrogens with zero attached hydrogens (tertiary/aromatic N) is 2. The van der Waals surface area contributed by atoms with Crippen molar-refractivity contribution in [1.82, 2.24) is 15.5 Å². The van der Waals surface area contributed by atoms with Gasteiger partial charge in [0.2, 0.25) is 0 Å². The number of aryl methyl sites for hydroxylation is 1. The Morgan fingerprint density at radius 3 is 2.53 bits per heavy atom. The fraction of sp³-hybridized carbons (Fsp3) is 0.458. The molecule has 1 aliphatic heterocycles. The topological polar surface area (TPSA) is 58.1 Å². The minimum absolute atomic E-state index is 0.267. The van der Waals surface area contributed by atoms with Crippen molar-refractivity contribution in [2.45, 2.75) is 26.4 Å². The highest BCUT2D eigenvalue weighted by molar-refractivity contribution is 5.79. The van der Waals surface area contributed by atoms with E-state index < -0.39 is 0 Å². The van der Waals surface area contributed by atoms with E-state index in [0.717, 1.165) is 50.1 Å². The number of guanidine groups is 1. The first kappa shape index (κ1) is 22.1. The molecule has 0 amide bonds. The van der Waals surface area contributed by atoms with E-state index in [9.17, 15) is 0 Å². The highest BCUT2D eigenvalue weighted by Gasteiger charge is 2.22. The Bertz CT molecular complexity index is 801. The third kappa shape index (κ3) is 6.21. The van der Waals surface area contributed by atoms with Gasteiger partial charge in [0.25, 0.3) is 0 Å². The van der Waals surface area contributed by atoms with Gasteiger partial charge in [-0.15, -0.1) is 0 Å². The number of hydrogen-bond acceptors (Lipinski definition) is 4. The molecule has 30 heavy (non-hydrogen) atoms. The van der Waals surface area contributed by atoms with Gasteiger partial charge in [0.15, 0.2) is 5.96 Å². The number of rotatable bonds is 8. The van der Waals surface area contributed by atoms with Crippen molar-refractivity contribution in [2.75, 3.05) is 46.5 Å². The highest BCUT2D eigenvalue weighted by Crippen LogP contribution is 2.22. The van der Waals surface area contributed by atoms with Crippen molar-refractivity contribution in [3.8, 4) is 5.75 Å². The van der Waals surface area contributed by atoms with E-state index in [0.29, 0.717) is 13.2 Å². The van der Waals surface area contributed by atoms with Crippen LogP contribution in [0.4, 0.5) is 0 Å². The monoisotopic (exact) mass is 410 g/mol. The summed E-state index contributed by atoms with van der Waals surface area (Å²) in [6, 6.07) is 17.2. The predicted molar refractivity (Wildman–Crippen MR) is 122 cm³/mol. The molecule has 0 saturated carbocycles. The summed E-state index contributed by atoms with van der Waals surface area (Å²) in [5.74, 6) is 1.69. The number of para-hydroxylation sites is 1. The second kappa shape index (κ2) is 11.6. The Balaban J connectivity index is 1.63. The summed E-state index contributed by atoms with van der Waals surface area (Å²) in [5.41, 5.74) is 3.70. The van der Waals surface area contributed by atoms with Gasteiger partial charge in [0.05, 0.1) is 25.9 Å². The lowest BCUT2D eigenvalue weighted by molar-refractivity contribution is 0.0170. The Morgan fingerprint density at radius 1 is 1.10 bits per heavy atom. The van der Waals surface area contributed by atoms with Crippen molar-refractivity contribution in [3.63, 3.8) is 0 Å². The molecule has 162 valence electrons. The number of aliphatic imine (C=N–C) groups is 1. The maximum Gasteiger partial charge on any atom is 0.191 e. The zero-order chi connectivity index (χ0) is 21.2. The Morgan fingerprint density at radius 2 is 1.83 bits per heavy atom. The summed E-state index contributed by atoms with van der Waals surface area (Å²) >= 11 is 0. The fourth-order valence-electron chi connectivity index (χ4n) is 3.67. The molecular formula is C24H34N4O2. The fourth-order valence-corrected chi connectivity index (χ4v) is 3.67. The summed E-state index contributed by atoms with van der Waals surface area (Å²) in [6.45, 7) is 9.65. The molecule has 2 N–H and O–H groups in total. The largest absolute Gasteiger partial charge is 0.494 e. The molecule has 6 nitrogen and oxygen atoms in total. The van der Waals surface area contributed by atoms with E-state index in [4.69, 9.17) is 9.47 Å². The van der Waals surface area contributed by atoms with Crippen LogP contribution >= 0.6 is 0 Å². The lowest BCUT2D eigenvalue weighted by atomic mass is 10.0. The van der Waals surface area contributed by atoms with Crippen LogP contribution in [0.25, 0.3) is 0 Å². The van der Waals surface area contributed by atoms with Crippen LogP contribution in [0.3, 0.4) is 0 Å². The number of hydrogen-bond donors (Lipinski definition) is 2. The van der Waals surface area contributed by atoms with Crippen LogP contribution in [0, 0.1) is 6.92 Å². The Kier molecular flexibility index (Phi) is 8.53. The molecule has 3 rings (SSSR count). The molecule has 1 saturated heterocycles. The summed E-state index contributed by atoms with van der Waals surface area (Å²) in [5, 5.41) is 6.94. The predicted octanol–water partition coefficient (Wildman–Crippen LogP) is 3.13. The molecule has 0 bridgehead atoms. The minimum Gasteiger partial charge on any atom is -0.494 e. The molecule has 1 aliphatic rings. The molecule has 1 heterocycles. The van der Waals surface area contributed by atoms with Crippen molar-refractivity contribution >= 4 is 5.96 Å². The lowest BCUT2D eigenvalue weighted by Crippen LogP contribution is -2.46. The zero-order valence-corrected chi connectivity index (χ0v) is 18.4. The molecule has 2 aromatic carbocycles. The van der Waals surface area contributed by atoms with Crippen LogP contribution in [-0.2, 0) is 11.3 Å². The molecule has 1 unspecified atom stereocenters. The lowest BCUT2D eigenvalue weighted by Gasteiger charge is -2.35. The molecule has 0 aliphatic carbocycles. The second-order valence-electron chi connectivity index (χ2n) is 7.42. The number of benzene rings is 2. The molecule has 6 heteroatoms. The highest BCUT2D eigenvalue weighted by atomic mass is 16.5. The maximum atomic E-state index is 5.73. The summed E-state index contributed by atoms with van der Waals surface area (Å²) in [6.07, 6.45) is 0. The van der Waals surface area contributed by atoms with Gasteiger partial charge in [0, 0.05) is 38.8 Å². The van der Waals surface area contributed by atoms with Crippen LogP contribution < -0.4 is 15.4 Å². The number of nitrogens with one attached hydrogen (secondary N) is 2. The number of ether oxygens (including phenoxy) is 2. The molecule has 0 spiro atoms. The second-order valence-corrected chi connectivity index (χ2v) is 7.42. The van der Waals surface area contributed by atoms with E-state index in [1.807, 2.05) is 25.1 Å². The molecule has 0 radical (unpaired) electrons. The van der Waals surface area contributed by atoms with Crippen LogP contribution in [0.5, 0.6) is 5.75 Å². The summed E-state index contributed by atoms with van der Waals surface area (Å²) in [4.78, 5) is 6.90. The van der Waals surface area contributed by atoms with Gasteiger partial charge in [-0.25, -0.2) is 0 Å². The molecule has 0 aromatic heterocycles. The smallest absolute Gasteiger partial charge is 0.191 e. The van der Waals surface area contributed by atoms with E-state index in [2.05, 4.69) is 57.8 Å². The van der Waals surface area contributed by atoms with Gasteiger partial charge < -0.3 is 20.1 Å². The first-order valence-electron chi connectivity index (χ1n) is 10.7. The van der Waals surface area contributed by atoms with E-state index in [1.54, 1.807) is 7.05 Å². The standard InChI is InChI=1S/C24H34N4O2/c1-4-30-23-8-6-5-7-21(23)17-26-24(25-3)27-18-22(28-13-15-29-16-14-28)20-11-9-19(2)10-12-20/h5-12,22H,4,13-18H2,1-3H3,(H2,25,26,27). The van der Waals surface area contributed by atoms with Crippen LogP contribution in [0.2, 0.25) is 0 Å². The average Bonchev–Trinajstić information content (AvgIpc) is 2.79. The number of morpholine rings is 1. The van der Waals surface area contributed by atoms with Gasteiger partial charge in [-0.2, -0.15) is 0 Å². The van der Waals surface area contributed by atoms with Gasteiger partial charge in [0.1, 0.15) is 5.75 Å². The molecular weight excluding hydrogens is 376 g/mol. The summed E-state index contributed by atoms with van der Waals surface area (Å²) in [7, 11) is 1.80. The van der Waals surface area contributed by atoms with Crippen molar-refractivity contribution in [1.29, 1.82) is 0 Å². The van der Waals surface area contributed by atoms with Crippen LogP contribution in [0.1, 0.15) is 29.7 Å². The zero-order valence-electron chi connectivity index (χ0n) is 18.4. The van der Waals surface area contributed by atoms with E-state index in [1.165, 1.54) is 11.1 Å². The van der Waals surface area contributed by atoms with E-state index >= 15 is 0 Å². The van der Waals surface area contributed by atoms with Crippen LogP contribution in [-0.4, -0.2) is 57.4 Å². The van der Waals surface area contributed by atoms with Gasteiger partial charge in [-0.05, 0) is 25.5 Å². The van der Waals surface area contributed by atoms with Crippen molar-refractivity contribution in [3.05, 3.63) is 65.2 Å². The van der Waals surface area contributed by atoms with E-state index in [-0.39, 0.29) is 6.04 Å². The normalized spacial score (nSPS) is 16.2. The first-order valence-corrected chi connectivity index (χ1v) is 10.7. The van der Waals surface area contributed by atoms with Crippen LogP contribution in [0.15, 0.2) is 53.5 Å². The Labute approximate surface area is 180 Å². The quantitative estimate of drug-likeness (QED) is 0.517. The third-order valence-electron chi connectivity index (χ3n) is 5.35. The summed E-state index contributed by atoms with van der Waals surface area (Å²) < 4.78 is 11.3. The molecule has 1 atom stereocenters. The molecule has 2 aromatic rings. The average molecular weight is 411 g/mol. The van der Waals surface area contributed by atoms with Crippen molar-refractivity contribution < 1.29 is 9.47 Å². The molecule has 1 fully saturated rings. The van der Waals surface area contributed by atoms with Gasteiger partial charge in [-0.1, -0.05) is 48.0 Å². The first-order chi connectivity index (χ1) is 14.7. The minimum atomic E-state index is 0.267.